The molecule has 1 N–H and O–H groups in total. The van der Waals surface area contributed by atoms with Crippen molar-refractivity contribution in [2.24, 2.45) is 5.92 Å². The zero-order chi connectivity index (χ0) is 20.6. The van der Waals surface area contributed by atoms with Gasteiger partial charge in [0.1, 0.15) is 5.92 Å². The summed E-state index contributed by atoms with van der Waals surface area (Å²) in [5, 5.41) is 3.26. The molecule has 2 aromatic carbocycles. The number of benzene rings is 2. The fourth-order valence-corrected chi connectivity index (χ4v) is 3.62. The summed E-state index contributed by atoms with van der Waals surface area (Å²) >= 11 is 5.92. The summed E-state index contributed by atoms with van der Waals surface area (Å²) in [6, 6.07) is 9.55. The maximum Gasteiger partial charge on any atom is 0.416 e. The molecule has 2 amide bonds. The zero-order valence-electron chi connectivity index (χ0n) is 15.2. The maximum atomic E-state index is 12.8. The van der Waals surface area contributed by atoms with E-state index < -0.39 is 29.5 Å². The average molecular weight is 411 g/mol. The van der Waals surface area contributed by atoms with Crippen molar-refractivity contribution in [3.63, 3.8) is 0 Å². The molecule has 1 fully saturated rings. The van der Waals surface area contributed by atoms with Gasteiger partial charge >= 0.3 is 6.18 Å². The molecule has 0 aromatic heterocycles. The second-order valence-corrected chi connectivity index (χ2v) is 7.31. The molecular formula is C20H18ClF3N2O2. The Morgan fingerprint density at radius 3 is 2.39 bits per heavy atom. The van der Waals surface area contributed by atoms with E-state index in [9.17, 15) is 22.8 Å². The van der Waals surface area contributed by atoms with Gasteiger partial charge in [0.05, 0.1) is 5.56 Å². The molecule has 1 heterocycles. The summed E-state index contributed by atoms with van der Waals surface area (Å²) in [5.74, 6) is -2.41. The van der Waals surface area contributed by atoms with Crippen LogP contribution in [0.1, 0.15) is 22.6 Å². The molecule has 0 unspecified atom stereocenters. The van der Waals surface area contributed by atoms with Crippen LogP contribution in [0.4, 0.5) is 18.9 Å². The molecule has 1 aliphatic rings. The third kappa shape index (κ3) is 3.99. The zero-order valence-corrected chi connectivity index (χ0v) is 15.9. The fraction of sp³-hybridized carbons (Fsp3) is 0.300. The van der Waals surface area contributed by atoms with Crippen LogP contribution >= 0.6 is 11.6 Å². The monoisotopic (exact) mass is 410 g/mol. The Morgan fingerprint density at radius 1 is 1.18 bits per heavy atom. The van der Waals surface area contributed by atoms with Crippen LogP contribution in [0.2, 0.25) is 5.02 Å². The van der Waals surface area contributed by atoms with Crippen LogP contribution in [-0.4, -0.2) is 30.3 Å². The highest BCUT2D eigenvalue weighted by Gasteiger charge is 2.44. The van der Waals surface area contributed by atoms with E-state index in [1.54, 1.807) is 32.2 Å². The molecule has 1 saturated heterocycles. The fourth-order valence-electron chi connectivity index (χ4n) is 3.39. The Hall–Kier alpha value is -2.54. The summed E-state index contributed by atoms with van der Waals surface area (Å²) in [6.07, 6.45) is -4.44. The lowest BCUT2D eigenvalue weighted by Gasteiger charge is -2.18. The number of halogens is 4. The number of nitrogens with one attached hydrogen (secondary N) is 1. The number of carbonyl (C=O) groups excluding carboxylic acids is 2. The number of amides is 2. The van der Waals surface area contributed by atoms with E-state index >= 15 is 0 Å². The van der Waals surface area contributed by atoms with E-state index in [-0.39, 0.29) is 12.5 Å². The Kier molecular flexibility index (Phi) is 5.39. The number of alkyl halides is 3. The molecule has 3 rings (SSSR count). The third-order valence-electron chi connectivity index (χ3n) is 4.91. The summed E-state index contributed by atoms with van der Waals surface area (Å²) in [6.45, 7) is 2.03. The SMILES string of the molecule is Cc1cc(Cl)ccc1NC(=O)[C@H]1C(=O)N(C)C[C@@H]1c1ccc(C(F)(F)F)cc1. The first-order valence-electron chi connectivity index (χ1n) is 8.57. The van der Waals surface area contributed by atoms with Crippen LogP contribution in [-0.2, 0) is 15.8 Å². The molecule has 2 atom stereocenters. The number of carbonyl (C=O) groups is 2. The molecule has 2 aromatic rings. The van der Waals surface area contributed by atoms with E-state index in [4.69, 9.17) is 11.6 Å². The van der Waals surface area contributed by atoms with E-state index in [0.29, 0.717) is 16.3 Å². The van der Waals surface area contributed by atoms with Crippen LogP contribution in [0.15, 0.2) is 42.5 Å². The van der Waals surface area contributed by atoms with Crippen molar-refractivity contribution in [3.05, 3.63) is 64.2 Å². The smallest absolute Gasteiger partial charge is 0.344 e. The van der Waals surface area contributed by atoms with E-state index in [2.05, 4.69) is 5.32 Å². The number of rotatable bonds is 3. The molecular weight excluding hydrogens is 393 g/mol. The minimum atomic E-state index is -4.44. The first kappa shape index (κ1) is 20.2. The van der Waals surface area contributed by atoms with Crippen molar-refractivity contribution in [2.45, 2.75) is 19.0 Å². The van der Waals surface area contributed by atoms with Crippen molar-refractivity contribution in [1.82, 2.24) is 4.90 Å². The minimum absolute atomic E-state index is 0.252. The minimum Gasteiger partial charge on any atom is -0.344 e. The van der Waals surface area contributed by atoms with Crippen LogP contribution in [0.5, 0.6) is 0 Å². The van der Waals surface area contributed by atoms with Gasteiger partial charge in [0.2, 0.25) is 11.8 Å². The Balaban J connectivity index is 1.87. The second-order valence-electron chi connectivity index (χ2n) is 6.87. The van der Waals surface area contributed by atoms with Gasteiger partial charge in [-0.1, -0.05) is 23.7 Å². The summed E-state index contributed by atoms with van der Waals surface area (Å²) in [5.41, 5.74) is 1.01. The maximum absolute atomic E-state index is 12.8. The summed E-state index contributed by atoms with van der Waals surface area (Å²) < 4.78 is 38.4. The van der Waals surface area contributed by atoms with Crippen molar-refractivity contribution in [2.75, 3.05) is 18.9 Å². The lowest BCUT2D eigenvalue weighted by molar-refractivity contribution is -0.138. The predicted molar refractivity (Wildman–Crippen MR) is 100 cm³/mol. The Morgan fingerprint density at radius 2 is 1.82 bits per heavy atom. The van der Waals surface area contributed by atoms with Crippen molar-refractivity contribution in [3.8, 4) is 0 Å². The van der Waals surface area contributed by atoms with Crippen LogP contribution in [0.3, 0.4) is 0 Å². The van der Waals surface area contributed by atoms with Crippen LogP contribution in [0, 0.1) is 12.8 Å². The van der Waals surface area contributed by atoms with Crippen LogP contribution in [0.25, 0.3) is 0 Å². The van der Waals surface area contributed by atoms with Crippen molar-refractivity contribution in [1.29, 1.82) is 0 Å². The van der Waals surface area contributed by atoms with Gasteiger partial charge in [0.15, 0.2) is 0 Å². The van der Waals surface area contributed by atoms with Gasteiger partial charge in [-0.3, -0.25) is 9.59 Å². The lowest BCUT2D eigenvalue weighted by Crippen LogP contribution is -2.32. The normalized spacial score (nSPS) is 19.8. The van der Waals surface area contributed by atoms with Crippen LogP contribution < -0.4 is 5.32 Å². The number of likely N-dealkylation sites (N-methyl/N-ethyl adjacent to an activating group) is 1. The van der Waals surface area contributed by atoms with E-state index in [1.807, 2.05) is 0 Å². The first-order chi connectivity index (χ1) is 13.1. The molecule has 28 heavy (non-hydrogen) atoms. The van der Waals surface area contributed by atoms with Crippen molar-refractivity contribution >= 4 is 29.1 Å². The number of nitrogens with zero attached hydrogens (tertiary/aromatic N) is 1. The first-order valence-corrected chi connectivity index (χ1v) is 8.95. The molecule has 8 heteroatoms. The Labute approximate surface area is 165 Å². The predicted octanol–water partition coefficient (Wildman–Crippen LogP) is 4.48. The number of likely N-dealkylation sites (tertiary alicyclic amines) is 1. The van der Waals surface area contributed by atoms with E-state index in [1.165, 1.54) is 17.0 Å². The number of anilines is 1. The molecule has 0 spiro atoms. The standard InChI is InChI=1S/C20H18ClF3N2O2/c1-11-9-14(21)7-8-16(11)25-18(27)17-15(10-26(2)19(17)28)12-3-5-13(6-4-12)20(22,23)24/h3-9,15,17H,10H2,1-2H3,(H,25,27)/t15-,17+/m1/s1. The van der Waals surface area contributed by atoms with Gasteiger partial charge in [0.25, 0.3) is 0 Å². The number of aryl methyl sites for hydroxylation is 1. The molecule has 0 saturated carbocycles. The molecule has 0 bridgehead atoms. The summed E-state index contributed by atoms with van der Waals surface area (Å²) in [4.78, 5) is 26.8. The van der Waals surface area contributed by atoms with E-state index in [0.717, 1.165) is 17.7 Å². The van der Waals surface area contributed by atoms with Gasteiger partial charge in [0, 0.05) is 30.2 Å². The molecule has 0 aliphatic carbocycles. The highest BCUT2D eigenvalue weighted by atomic mass is 35.5. The summed E-state index contributed by atoms with van der Waals surface area (Å²) in [7, 11) is 1.57. The molecule has 1 aliphatic heterocycles. The van der Waals surface area contributed by atoms with Gasteiger partial charge in [-0.15, -0.1) is 0 Å². The largest absolute Gasteiger partial charge is 0.416 e. The highest BCUT2D eigenvalue weighted by Crippen LogP contribution is 2.36. The third-order valence-corrected chi connectivity index (χ3v) is 5.15. The Bertz CT molecular complexity index is 913. The number of hydrogen-bond acceptors (Lipinski definition) is 2. The molecule has 148 valence electrons. The lowest BCUT2D eigenvalue weighted by atomic mass is 9.87. The highest BCUT2D eigenvalue weighted by molar-refractivity contribution is 6.30. The molecule has 4 nitrogen and oxygen atoms in total. The molecule has 0 radical (unpaired) electrons. The average Bonchev–Trinajstić information content (AvgIpc) is 2.92. The van der Waals surface area contributed by atoms with Gasteiger partial charge in [-0.05, 0) is 48.4 Å². The van der Waals surface area contributed by atoms with Gasteiger partial charge in [-0.25, -0.2) is 0 Å². The quantitative estimate of drug-likeness (QED) is 0.758. The van der Waals surface area contributed by atoms with Crippen molar-refractivity contribution < 1.29 is 22.8 Å². The topological polar surface area (TPSA) is 49.4 Å². The second kappa shape index (κ2) is 7.47. The number of hydrogen-bond donors (Lipinski definition) is 1. The van der Waals surface area contributed by atoms with Gasteiger partial charge in [-0.2, -0.15) is 13.2 Å². The van der Waals surface area contributed by atoms with Gasteiger partial charge < -0.3 is 10.2 Å².